The zero-order chi connectivity index (χ0) is 15.8. The zero-order valence-electron chi connectivity index (χ0n) is 14.1. The van der Waals surface area contributed by atoms with E-state index in [2.05, 4.69) is 58.5 Å². The van der Waals surface area contributed by atoms with Crippen LogP contribution in [0.4, 0.5) is 0 Å². The van der Waals surface area contributed by atoms with E-state index in [4.69, 9.17) is 9.31 Å². The minimum absolute atomic E-state index is 0.254. The number of hydrogen-bond acceptors (Lipinski definition) is 2. The lowest BCUT2D eigenvalue weighted by Gasteiger charge is -2.32. The summed E-state index contributed by atoms with van der Waals surface area (Å²) in [5.41, 5.74) is 4.04. The molecule has 2 aliphatic carbocycles. The van der Waals surface area contributed by atoms with Gasteiger partial charge in [-0.05, 0) is 69.3 Å². The molecule has 0 amide bonds. The molecule has 3 fully saturated rings. The molecule has 1 aromatic rings. The number of hydrogen-bond donors (Lipinski definition) is 0. The first-order valence-corrected chi connectivity index (χ1v) is 8.35. The van der Waals surface area contributed by atoms with Crippen molar-refractivity contribution in [1.82, 2.24) is 0 Å². The molecule has 1 saturated heterocycles. The molecule has 0 aromatic heterocycles. The summed E-state index contributed by atoms with van der Waals surface area (Å²) in [5.74, 6) is 0.741. The molecule has 1 spiro atoms. The van der Waals surface area contributed by atoms with Crippen molar-refractivity contribution in [3.63, 3.8) is 0 Å². The molecule has 3 aliphatic rings. The molecule has 22 heavy (non-hydrogen) atoms. The Kier molecular flexibility index (Phi) is 2.82. The largest absolute Gasteiger partial charge is 0.494 e. The van der Waals surface area contributed by atoms with Crippen LogP contribution in [0, 0.1) is 5.41 Å². The molecule has 2 saturated carbocycles. The smallest absolute Gasteiger partial charge is 0.399 e. The highest BCUT2D eigenvalue weighted by atomic mass is 16.7. The van der Waals surface area contributed by atoms with E-state index in [9.17, 15) is 0 Å². The summed E-state index contributed by atoms with van der Waals surface area (Å²) in [6.07, 6.45) is 3.80. The van der Waals surface area contributed by atoms with Gasteiger partial charge in [0.25, 0.3) is 0 Å². The van der Waals surface area contributed by atoms with Gasteiger partial charge in [-0.1, -0.05) is 36.4 Å². The van der Waals surface area contributed by atoms with Gasteiger partial charge < -0.3 is 9.31 Å². The molecular weight excluding hydrogens is 271 g/mol. The fourth-order valence-electron chi connectivity index (χ4n) is 4.02. The maximum absolute atomic E-state index is 6.12. The molecule has 3 heteroatoms. The topological polar surface area (TPSA) is 18.5 Å². The minimum atomic E-state index is -0.275. The molecular formula is C19H25BO2. The molecule has 2 nitrogen and oxygen atoms in total. The average Bonchev–Trinajstić information content (AvgIpc) is 3.07. The third-order valence-electron chi connectivity index (χ3n) is 6.26. The second-order valence-electron chi connectivity index (χ2n) is 8.48. The van der Waals surface area contributed by atoms with E-state index in [0.717, 1.165) is 11.4 Å². The minimum Gasteiger partial charge on any atom is -0.399 e. The van der Waals surface area contributed by atoms with Crippen LogP contribution in [0.3, 0.4) is 0 Å². The zero-order valence-corrected chi connectivity index (χ0v) is 14.1. The van der Waals surface area contributed by atoms with Crippen LogP contribution in [-0.2, 0) is 9.31 Å². The second kappa shape index (κ2) is 4.27. The highest BCUT2D eigenvalue weighted by molar-refractivity contribution is 6.62. The van der Waals surface area contributed by atoms with Gasteiger partial charge in [-0.3, -0.25) is 0 Å². The first-order valence-electron chi connectivity index (χ1n) is 8.35. The second-order valence-corrected chi connectivity index (χ2v) is 8.48. The Morgan fingerprint density at radius 1 is 1.00 bits per heavy atom. The fraction of sp³-hybridized carbons (Fsp3) is 0.579. The Morgan fingerprint density at radius 3 is 2.05 bits per heavy atom. The monoisotopic (exact) mass is 296 g/mol. The lowest BCUT2D eigenvalue weighted by molar-refractivity contribution is 0.00578. The van der Waals surface area contributed by atoms with E-state index in [1.165, 1.54) is 30.4 Å². The first kappa shape index (κ1) is 14.5. The Hall–Kier alpha value is -1.06. The lowest BCUT2D eigenvalue weighted by atomic mass is 9.74. The molecule has 1 heterocycles. The summed E-state index contributed by atoms with van der Waals surface area (Å²) >= 11 is 0. The maximum Gasteiger partial charge on any atom is 0.494 e. The van der Waals surface area contributed by atoms with Gasteiger partial charge in [0.1, 0.15) is 0 Å². The normalized spacial score (nSPS) is 30.5. The van der Waals surface area contributed by atoms with E-state index < -0.39 is 0 Å². The molecule has 1 unspecified atom stereocenters. The van der Waals surface area contributed by atoms with Crippen molar-refractivity contribution in [3.05, 3.63) is 42.0 Å². The van der Waals surface area contributed by atoms with Gasteiger partial charge in [-0.2, -0.15) is 0 Å². The highest BCUT2D eigenvalue weighted by Crippen LogP contribution is 2.71. The molecule has 0 bridgehead atoms. The molecule has 116 valence electrons. The Bertz CT molecular complexity index is 605. The quantitative estimate of drug-likeness (QED) is 0.610. The third kappa shape index (κ3) is 2.02. The van der Waals surface area contributed by atoms with Crippen molar-refractivity contribution in [1.29, 1.82) is 0 Å². The van der Waals surface area contributed by atoms with Crippen molar-refractivity contribution >= 4 is 12.6 Å². The first-order chi connectivity index (χ1) is 10.2. The van der Waals surface area contributed by atoms with Crippen LogP contribution in [0.2, 0.25) is 0 Å². The van der Waals surface area contributed by atoms with Crippen molar-refractivity contribution in [2.75, 3.05) is 0 Å². The SMILES string of the molecule is C=C1CC2(C1)CC2c1ccc(B2OC(C)(C)C(C)(C)O2)cc1. The van der Waals surface area contributed by atoms with Crippen LogP contribution >= 0.6 is 0 Å². The molecule has 1 aromatic carbocycles. The molecule has 1 aliphatic heterocycles. The van der Waals surface area contributed by atoms with Crippen LogP contribution in [-0.4, -0.2) is 18.3 Å². The van der Waals surface area contributed by atoms with E-state index in [1.54, 1.807) is 0 Å². The van der Waals surface area contributed by atoms with Crippen LogP contribution in [0.1, 0.15) is 58.4 Å². The average molecular weight is 296 g/mol. The number of benzene rings is 1. The number of rotatable bonds is 2. The summed E-state index contributed by atoms with van der Waals surface area (Å²) in [6.45, 7) is 12.5. The van der Waals surface area contributed by atoms with Gasteiger partial charge in [0.2, 0.25) is 0 Å². The Labute approximate surface area is 134 Å². The standard InChI is InChI=1S/C19H25BO2/c1-13-10-19(11-13)12-16(19)14-6-8-15(9-7-14)20-21-17(2,3)18(4,5)22-20/h6-9,16H,1,10-12H2,2-5H3. The van der Waals surface area contributed by atoms with Gasteiger partial charge in [-0.25, -0.2) is 0 Å². The highest BCUT2D eigenvalue weighted by Gasteiger charge is 2.59. The van der Waals surface area contributed by atoms with E-state index in [0.29, 0.717) is 5.41 Å². The van der Waals surface area contributed by atoms with Crippen molar-refractivity contribution in [3.8, 4) is 0 Å². The van der Waals surface area contributed by atoms with Crippen LogP contribution < -0.4 is 5.46 Å². The van der Waals surface area contributed by atoms with Gasteiger partial charge in [-0.15, -0.1) is 0 Å². The summed E-state index contributed by atoms with van der Waals surface area (Å²) < 4.78 is 12.2. The number of allylic oxidation sites excluding steroid dienone is 1. The maximum atomic E-state index is 6.12. The predicted molar refractivity (Wildman–Crippen MR) is 90.3 cm³/mol. The third-order valence-corrected chi connectivity index (χ3v) is 6.26. The van der Waals surface area contributed by atoms with Gasteiger partial charge in [0, 0.05) is 0 Å². The summed E-state index contributed by atoms with van der Waals surface area (Å²) in [4.78, 5) is 0. The summed E-state index contributed by atoms with van der Waals surface area (Å²) in [6, 6.07) is 8.88. The van der Waals surface area contributed by atoms with Crippen molar-refractivity contribution in [2.45, 2.75) is 64.1 Å². The molecule has 4 rings (SSSR count). The van der Waals surface area contributed by atoms with Crippen LogP contribution in [0.5, 0.6) is 0 Å². The van der Waals surface area contributed by atoms with E-state index in [1.807, 2.05) is 0 Å². The van der Waals surface area contributed by atoms with Crippen molar-refractivity contribution in [2.24, 2.45) is 5.41 Å². The van der Waals surface area contributed by atoms with Gasteiger partial charge in [0.05, 0.1) is 11.2 Å². The lowest BCUT2D eigenvalue weighted by Crippen LogP contribution is -2.41. The van der Waals surface area contributed by atoms with Gasteiger partial charge in [0.15, 0.2) is 0 Å². The molecule has 0 radical (unpaired) electrons. The van der Waals surface area contributed by atoms with Gasteiger partial charge >= 0.3 is 7.12 Å². The van der Waals surface area contributed by atoms with Crippen LogP contribution in [0.15, 0.2) is 36.4 Å². The van der Waals surface area contributed by atoms with E-state index >= 15 is 0 Å². The summed E-state index contributed by atoms with van der Waals surface area (Å²) in [5, 5.41) is 0. The predicted octanol–water partition coefficient (Wildman–Crippen LogP) is 3.81. The Morgan fingerprint density at radius 2 is 1.55 bits per heavy atom. The molecule has 0 N–H and O–H groups in total. The fourth-order valence-corrected chi connectivity index (χ4v) is 4.02. The van der Waals surface area contributed by atoms with E-state index in [-0.39, 0.29) is 18.3 Å². The van der Waals surface area contributed by atoms with Crippen LogP contribution in [0.25, 0.3) is 0 Å². The van der Waals surface area contributed by atoms with Crippen molar-refractivity contribution < 1.29 is 9.31 Å². The molecule has 1 atom stereocenters. The Balaban J connectivity index is 1.49. The summed E-state index contributed by atoms with van der Waals surface area (Å²) in [7, 11) is -0.254.